The maximum atomic E-state index is 13.1. The molecule has 7 heteroatoms. The maximum Gasteiger partial charge on any atom is 0.412 e. The second-order valence-corrected chi connectivity index (χ2v) is 10.4. The van der Waals surface area contributed by atoms with Gasteiger partial charge in [0.25, 0.3) is 5.91 Å². The van der Waals surface area contributed by atoms with Crippen molar-refractivity contribution >= 4 is 22.8 Å². The lowest BCUT2D eigenvalue weighted by Crippen LogP contribution is -2.44. The molecule has 1 aliphatic heterocycles. The Morgan fingerprint density at radius 2 is 1.62 bits per heavy atom. The number of allylic oxidation sites excluding steroid dienone is 6. The topological polar surface area (TPSA) is 90.9 Å². The first-order valence-electron chi connectivity index (χ1n) is 12.7. The number of fused-ring (bicyclic) bond motifs is 1. The molecule has 0 aromatic heterocycles. The van der Waals surface area contributed by atoms with Gasteiger partial charge in [-0.1, -0.05) is 42.5 Å². The van der Waals surface area contributed by atoms with Crippen LogP contribution in [0.4, 0.5) is 4.79 Å². The first-order chi connectivity index (χ1) is 17.7. The lowest BCUT2D eigenvalue weighted by molar-refractivity contribution is 0.0373. The summed E-state index contributed by atoms with van der Waals surface area (Å²) in [4.78, 5) is 27.0. The summed E-state index contributed by atoms with van der Waals surface area (Å²) in [6, 6.07) is 13.8. The normalized spacial score (nSPS) is 21.9. The van der Waals surface area contributed by atoms with Crippen molar-refractivity contribution in [3.8, 4) is 0 Å². The highest BCUT2D eigenvalue weighted by Gasteiger charge is 2.28. The predicted molar refractivity (Wildman–Crippen MR) is 146 cm³/mol. The fourth-order valence-corrected chi connectivity index (χ4v) is 4.42. The van der Waals surface area contributed by atoms with E-state index < -0.39 is 17.9 Å². The van der Waals surface area contributed by atoms with E-state index >= 15 is 0 Å². The fraction of sp³-hybridized carbons (Fsp3) is 0.333. The second kappa shape index (κ2) is 11.5. The number of nitrogens with one attached hydrogen (secondary N) is 2. The van der Waals surface area contributed by atoms with E-state index in [1.807, 2.05) is 80.3 Å². The monoisotopic (exact) mass is 501 g/mol. The Morgan fingerprint density at radius 3 is 2.32 bits per heavy atom. The molecule has 1 saturated heterocycles. The van der Waals surface area contributed by atoms with Gasteiger partial charge in [-0.25, -0.2) is 4.79 Å². The van der Waals surface area contributed by atoms with Crippen LogP contribution < -0.4 is 10.6 Å². The standard InChI is InChI=1S/C30H35N3O4/c1-30(2,3)37-29(36)32-26-11-7-6-10-25(14-15-26)31-27(34)22-16-18-33(19-17-22)28(35)24-13-12-21-8-4-5-9-23(21)20-24/h4-15,20,22,27,31,34H,16-19H2,1-3H3,(H,32,36)/b7-6?,10-6-,11-7-,15-14?,25-10?,25-14+,26-11?,26-15+. The van der Waals surface area contributed by atoms with Crippen LogP contribution in [0.15, 0.2) is 90.3 Å². The van der Waals surface area contributed by atoms with Crippen molar-refractivity contribution in [1.29, 1.82) is 0 Å². The van der Waals surface area contributed by atoms with Crippen molar-refractivity contribution < 1.29 is 19.4 Å². The van der Waals surface area contributed by atoms with Crippen molar-refractivity contribution in [1.82, 2.24) is 15.5 Å². The zero-order valence-electron chi connectivity index (χ0n) is 21.6. The lowest BCUT2D eigenvalue weighted by atomic mass is 9.94. The number of aliphatic hydroxyl groups is 1. The summed E-state index contributed by atoms with van der Waals surface area (Å²) in [5.74, 6) is 0.0403. The summed E-state index contributed by atoms with van der Waals surface area (Å²) in [5, 5.41) is 18.9. The highest BCUT2D eigenvalue weighted by atomic mass is 16.6. The van der Waals surface area contributed by atoms with Gasteiger partial charge in [-0.3, -0.25) is 10.1 Å². The van der Waals surface area contributed by atoms with Gasteiger partial charge >= 0.3 is 6.09 Å². The Kier molecular flexibility index (Phi) is 8.14. The zero-order valence-corrected chi connectivity index (χ0v) is 21.6. The van der Waals surface area contributed by atoms with Crippen LogP contribution in [-0.4, -0.2) is 46.9 Å². The summed E-state index contributed by atoms with van der Waals surface area (Å²) in [6.07, 6.45) is 10.9. The van der Waals surface area contributed by atoms with Crippen molar-refractivity contribution in [2.45, 2.75) is 45.4 Å². The molecular weight excluding hydrogens is 466 g/mol. The van der Waals surface area contributed by atoms with Gasteiger partial charge in [-0.2, -0.15) is 0 Å². The van der Waals surface area contributed by atoms with Gasteiger partial charge < -0.3 is 20.1 Å². The average Bonchev–Trinajstić information content (AvgIpc) is 2.86. The van der Waals surface area contributed by atoms with Crippen LogP contribution in [0, 0.1) is 5.92 Å². The van der Waals surface area contributed by atoms with E-state index in [9.17, 15) is 14.7 Å². The Labute approximate surface area is 218 Å². The van der Waals surface area contributed by atoms with Gasteiger partial charge in [0, 0.05) is 36.0 Å². The number of piperidine rings is 1. The van der Waals surface area contributed by atoms with E-state index in [1.54, 1.807) is 24.3 Å². The van der Waals surface area contributed by atoms with Gasteiger partial charge in [-0.15, -0.1) is 0 Å². The minimum absolute atomic E-state index is 0.0132. The Morgan fingerprint density at radius 1 is 0.973 bits per heavy atom. The zero-order chi connectivity index (χ0) is 26.4. The summed E-state index contributed by atoms with van der Waals surface area (Å²) in [6.45, 7) is 6.62. The van der Waals surface area contributed by atoms with Crippen LogP contribution in [0.1, 0.15) is 44.0 Å². The molecule has 2 amide bonds. The molecule has 1 aliphatic carbocycles. The number of hydrogen-bond donors (Lipinski definition) is 3. The summed E-state index contributed by atoms with van der Waals surface area (Å²) < 4.78 is 5.31. The van der Waals surface area contributed by atoms with Crippen LogP contribution in [-0.2, 0) is 4.74 Å². The number of aliphatic hydroxyl groups excluding tert-OH is 1. The summed E-state index contributed by atoms with van der Waals surface area (Å²) in [5.41, 5.74) is 1.40. The molecule has 1 atom stereocenters. The van der Waals surface area contributed by atoms with E-state index in [2.05, 4.69) is 10.6 Å². The van der Waals surface area contributed by atoms with Crippen LogP contribution in [0.3, 0.4) is 0 Å². The molecule has 0 saturated carbocycles. The molecule has 0 spiro atoms. The predicted octanol–water partition coefficient (Wildman–Crippen LogP) is 5.02. The number of amides is 2. The number of alkyl carbamates (subject to hydrolysis) is 1. The van der Waals surface area contributed by atoms with E-state index in [0.717, 1.165) is 16.5 Å². The smallest absolute Gasteiger partial charge is 0.412 e. The molecule has 4 rings (SSSR count). The number of hydrogen-bond acceptors (Lipinski definition) is 5. The van der Waals surface area contributed by atoms with Crippen LogP contribution in [0.25, 0.3) is 10.8 Å². The molecule has 2 aliphatic rings. The summed E-state index contributed by atoms with van der Waals surface area (Å²) >= 11 is 0. The number of rotatable bonds is 5. The molecule has 0 radical (unpaired) electrons. The minimum atomic E-state index is -0.757. The quantitative estimate of drug-likeness (QED) is 0.501. The Hall–Kier alpha value is -3.84. The molecule has 2 aromatic carbocycles. The van der Waals surface area contributed by atoms with Gasteiger partial charge in [0.05, 0.1) is 0 Å². The third kappa shape index (κ3) is 7.33. The molecule has 7 nitrogen and oxygen atoms in total. The molecule has 1 unspecified atom stereocenters. The highest BCUT2D eigenvalue weighted by Crippen LogP contribution is 2.23. The van der Waals surface area contributed by atoms with Gasteiger partial charge in [-0.05, 0) is 80.8 Å². The number of carbonyl (C=O) groups is 2. The van der Waals surface area contributed by atoms with Crippen LogP contribution in [0.5, 0.6) is 0 Å². The maximum absolute atomic E-state index is 13.1. The molecule has 1 fully saturated rings. The van der Waals surface area contributed by atoms with Crippen LogP contribution >= 0.6 is 0 Å². The molecule has 2 aromatic rings. The second-order valence-electron chi connectivity index (χ2n) is 10.4. The molecule has 0 bridgehead atoms. The Bertz CT molecular complexity index is 1260. The molecule has 3 N–H and O–H groups in total. The first kappa shape index (κ1) is 26.2. The van der Waals surface area contributed by atoms with Gasteiger partial charge in [0.1, 0.15) is 11.8 Å². The van der Waals surface area contributed by atoms with Crippen molar-refractivity contribution in [2.24, 2.45) is 5.92 Å². The number of ether oxygens (including phenoxy) is 1. The third-order valence-corrected chi connectivity index (χ3v) is 6.33. The van der Waals surface area contributed by atoms with Crippen LogP contribution in [0.2, 0.25) is 0 Å². The molecule has 194 valence electrons. The van der Waals surface area contributed by atoms with E-state index in [4.69, 9.17) is 4.74 Å². The number of nitrogens with zero attached hydrogens (tertiary/aromatic N) is 1. The molecule has 1 heterocycles. The van der Waals surface area contributed by atoms with Crippen molar-refractivity contribution in [3.63, 3.8) is 0 Å². The highest BCUT2D eigenvalue weighted by molar-refractivity contribution is 5.98. The Balaban J connectivity index is 1.31. The first-order valence-corrected chi connectivity index (χ1v) is 12.7. The number of carbonyl (C=O) groups excluding carboxylic acids is 2. The van der Waals surface area contributed by atoms with E-state index in [-0.39, 0.29) is 11.8 Å². The SMILES string of the molecule is CC(C)(C)OC(=O)NC1=C/C=C(NC(O)C2CCN(C(=O)c3ccc4ccccc4c3)CC2)\C=C/C=C\1. The lowest BCUT2D eigenvalue weighted by Gasteiger charge is -2.35. The average molecular weight is 502 g/mol. The molecular formula is C30H35N3O4. The van der Waals surface area contributed by atoms with Gasteiger partial charge in [0.15, 0.2) is 0 Å². The molecule has 37 heavy (non-hydrogen) atoms. The number of benzene rings is 2. The fourth-order valence-electron chi connectivity index (χ4n) is 4.42. The number of likely N-dealkylation sites (tertiary alicyclic amines) is 1. The third-order valence-electron chi connectivity index (χ3n) is 6.33. The summed E-state index contributed by atoms with van der Waals surface area (Å²) in [7, 11) is 0. The van der Waals surface area contributed by atoms with E-state index in [1.165, 1.54) is 0 Å². The van der Waals surface area contributed by atoms with Crippen molar-refractivity contribution in [2.75, 3.05) is 13.1 Å². The van der Waals surface area contributed by atoms with Crippen molar-refractivity contribution in [3.05, 3.63) is 95.9 Å². The van der Waals surface area contributed by atoms with Gasteiger partial charge in [0.2, 0.25) is 0 Å². The largest absolute Gasteiger partial charge is 0.444 e. The minimum Gasteiger partial charge on any atom is -0.444 e. The van der Waals surface area contributed by atoms with E-state index in [0.29, 0.717) is 37.2 Å².